The quantitative estimate of drug-likeness (QED) is 0.480. The summed E-state index contributed by atoms with van der Waals surface area (Å²) < 4.78 is 5.43. The smallest absolute Gasteiger partial charge is 0.237 e. The molecule has 1 fully saturated rings. The first-order chi connectivity index (χ1) is 14.6. The molecule has 4 rings (SSSR count). The minimum absolute atomic E-state index is 0.0405. The lowest BCUT2D eigenvalue weighted by Gasteiger charge is -2.26. The number of thioether (sulfide) groups is 1. The summed E-state index contributed by atoms with van der Waals surface area (Å²) in [5.41, 5.74) is 2.87. The number of carbonyl (C=O) groups is 1. The van der Waals surface area contributed by atoms with Gasteiger partial charge >= 0.3 is 0 Å². The molecule has 1 aromatic heterocycles. The highest BCUT2D eigenvalue weighted by atomic mass is 32.2. The summed E-state index contributed by atoms with van der Waals surface area (Å²) in [4.78, 5) is 24.6. The van der Waals surface area contributed by atoms with Gasteiger partial charge in [0.2, 0.25) is 5.91 Å². The van der Waals surface area contributed by atoms with E-state index in [2.05, 4.69) is 10.2 Å². The number of ether oxygens (including phenoxy) is 1. The van der Waals surface area contributed by atoms with Crippen LogP contribution >= 0.6 is 11.8 Å². The number of morpholine rings is 1. The molecular weight excluding hydrogens is 396 g/mol. The molecule has 1 N–H and O–H groups in total. The molecule has 1 aliphatic heterocycles. The van der Waals surface area contributed by atoms with Gasteiger partial charge in [0.15, 0.2) is 0 Å². The number of aryl methyl sites for hydroxylation is 1. The minimum atomic E-state index is -0.291. The Morgan fingerprint density at radius 3 is 2.63 bits per heavy atom. The Morgan fingerprint density at radius 1 is 1.13 bits per heavy atom. The number of rotatable bonds is 6. The van der Waals surface area contributed by atoms with Gasteiger partial charge in [-0.05, 0) is 32.0 Å². The molecule has 156 valence electrons. The fourth-order valence-electron chi connectivity index (χ4n) is 3.32. The van der Waals surface area contributed by atoms with Crippen LogP contribution < -0.4 is 5.32 Å². The topological polar surface area (TPSA) is 67.4 Å². The lowest BCUT2D eigenvalue weighted by atomic mass is 10.2. The maximum absolute atomic E-state index is 12.7. The fourth-order valence-corrected chi connectivity index (χ4v) is 4.27. The molecule has 6 nitrogen and oxygen atoms in total. The second-order valence-corrected chi connectivity index (χ2v) is 8.80. The van der Waals surface area contributed by atoms with Crippen molar-refractivity contribution in [1.82, 2.24) is 14.9 Å². The van der Waals surface area contributed by atoms with Crippen LogP contribution in [0.25, 0.3) is 10.9 Å². The van der Waals surface area contributed by atoms with Crippen molar-refractivity contribution in [3.05, 3.63) is 59.9 Å². The monoisotopic (exact) mass is 422 g/mol. The van der Waals surface area contributed by atoms with Gasteiger partial charge in [-0.3, -0.25) is 9.69 Å². The molecule has 30 heavy (non-hydrogen) atoms. The summed E-state index contributed by atoms with van der Waals surface area (Å²) in [6.45, 7) is 7.87. The van der Waals surface area contributed by atoms with Crippen molar-refractivity contribution < 1.29 is 9.53 Å². The van der Waals surface area contributed by atoms with Crippen LogP contribution in [0.5, 0.6) is 0 Å². The molecule has 2 heterocycles. The van der Waals surface area contributed by atoms with Crippen molar-refractivity contribution in [1.29, 1.82) is 0 Å². The number of para-hydroxylation sites is 1. The number of nitrogens with one attached hydrogen (secondary N) is 1. The molecule has 0 saturated carbocycles. The van der Waals surface area contributed by atoms with E-state index in [9.17, 15) is 4.79 Å². The van der Waals surface area contributed by atoms with Crippen molar-refractivity contribution in [2.75, 3.05) is 31.6 Å². The highest BCUT2D eigenvalue weighted by molar-refractivity contribution is 8.00. The van der Waals surface area contributed by atoms with Crippen LogP contribution in [0.4, 0.5) is 5.69 Å². The zero-order valence-electron chi connectivity index (χ0n) is 17.3. The van der Waals surface area contributed by atoms with E-state index >= 15 is 0 Å². The van der Waals surface area contributed by atoms with Crippen LogP contribution in [0, 0.1) is 6.92 Å². The predicted octanol–water partition coefficient (Wildman–Crippen LogP) is 3.89. The molecule has 0 unspecified atom stereocenters. The lowest BCUT2D eigenvalue weighted by molar-refractivity contribution is -0.115. The van der Waals surface area contributed by atoms with E-state index in [-0.39, 0.29) is 11.2 Å². The molecule has 0 spiro atoms. The molecule has 1 aliphatic rings. The Labute approximate surface area is 181 Å². The molecule has 1 amide bonds. The molecule has 0 bridgehead atoms. The third-order valence-corrected chi connectivity index (χ3v) is 6.16. The van der Waals surface area contributed by atoms with E-state index in [1.165, 1.54) is 11.8 Å². The number of hydrogen-bond acceptors (Lipinski definition) is 6. The SMILES string of the molecule is Cc1ccc(NC(=O)[C@H](C)Sc2nc(CN3CCOCC3)nc3ccccc23)cc1. The van der Waals surface area contributed by atoms with E-state index < -0.39 is 0 Å². The zero-order chi connectivity index (χ0) is 20.9. The van der Waals surface area contributed by atoms with E-state index in [4.69, 9.17) is 14.7 Å². The van der Waals surface area contributed by atoms with Gasteiger partial charge < -0.3 is 10.1 Å². The van der Waals surface area contributed by atoms with Crippen LogP contribution in [0.1, 0.15) is 18.3 Å². The number of carbonyl (C=O) groups excluding carboxylic acids is 1. The Balaban J connectivity index is 1.52. The van der Waals surface area contributed by atoms with Crippen LogP contribution in [0.2, 0.25) is 0 Å². The third kappa shape index (κ3) is 5.16. The Bertz CT molecular complexity index is 1020. The van der Waals surface area contributed by atoms with Crippen molar-refractivity contribution in [3.8, 4) is 0 Å². The first-order valence-corrected chi connectivity index (χ1v) is 11.1. The van der Waals surface area contributed by atoms with Crippen LogP contribution in [-0.2, 0) is 16.1 Å². The maximum Gasteiger partial charge on any atom is 0.237 e. The number of aromatic nitrogens is 2. The lowest BCUT2D eigenvalue weighted by Crippen LogP contribution is -2.36. The van der Waals surface area contributed by atoms with Gasteiger partial charge in [0.1, 0.15) is 10.9 Å². The van der Waals surface area contributed by atoms with Crippen LogP contribution in [-0.4, -0.2) is 52.3 Å². The molecule has 0 aliphatic carbocycles. The number of benzene rings is 2. The van der Waals surface area contributed by atoms with Gasteiger partial charge in [-0.15, -0.1) is 0 Å². The summed E-state index contributed by atoms with van der Waals surface area (Å²) in [6, 6.07) is 15.8. The van der Waals surface area contributed by atoms with Gasteiger partial charge in [0, 0.05) is 24.2 Å². The van der Waals surface area contributed by atoms with Crippen LogP contribution in [0.15, 0.2) is 53.6 Å². The normalized spacial score (nSPS) is 15.8. The molecule has 1 saturated heterocycles. The second-order valence-electron chi connectivity index (χ2n) is 7.47. The Morgan fingerprint density at radius 2 is 1.87 bits per heavy atom. The van der Waals surface area contributed by atoms with E-state index in [0.29, 0.717) is 6.54 Å². The summed E-state index contributed by atoms with van der Waals surface area (Å²) >= 11 is 1.47. The zero-order valence-corrected chi connectivity index (χ0v) is 18.1. The average Bonchev–Trinajstić information content (AvgIpc) is 2.76. The highest BCUT2D eigenvalue weighted by Crippen LogP contribution is 2.29. The van der Waals surface area contributed by atoms with Gasteiger partial charge in [0.05, 0.1) is 30.5 Å². The molecular formula is C23H26N4O2S. The number of amides is 1. The Kier molecular flexibility index (Phi) is 6.62. The third-order valence-electron chi connectivity index (χ3n) is 5.06. The number of nitrogens with zero attached hydrogens (tertiary/aromatic N) is 3. The number of hydrogen-bond donors (Lipinski definition) is 1. The van der Waals surface area contributed by atoms with Crippen LogP contribution in [0.3, 0.4) is 0 Å². The van der Waals surface area contributed by atoms with Gasteiger partial charge in [-0.25, -0.2) is 9.97 Å². The Hall–Kier alpha value is -2.48. The first kappa shape index (κ1) is 20.8. The second kappa shape index (κ2) is 9.55. The molecule has 3 aromatic rings. The van der Waals surface area contributed by atoms with Crippen molar-refractivity contribution in [2.24, 2.45) is 0 Å². The highest BCUT2D eigenvalue weighted by Gasteiger charge is 2.19. The van der Waals surface area contributed by atoms with Gasteiger partial charge in [-0.1, -0.05) is 47.7 Å². The number of anilines is 1. The van der Waals surface area contributed by atoms with E-state index in [0.717, 1.165) is 59.3 Å². The summed E-state index contributed by atoms with van der Waals surface area (Å²) in [7, 11) is 0. The molecule has 0 radical (unpaired) electrons. The summed E-state index contributed by atoms with van der Waals surface area (Å²) in [5.74, 6) is 0.741. The fraction of sp³-hybridized carbons (Fsp3) is 0.348. The molecule has 7 heteroatoms. The first-order valence-electron chi connectivity index (χ1n) is 10.2. The molecule has 2 aromatic carbocycles. The average molecular weight is 423 g/mol. The van der Waals surface area contributed by atoms with E-state index in [1.807, 2.05) is 62.4 Å². The standard InChI is InChI=1S/C23H26N4O2S/c1-16-7-9-18(10-8-16)24-22(28)17(2)30-23-19-5-3-4-6-20(19)25-21(26-23)15-27-11-13-29-14-12-27/h3-10,17H,11-15H2,1-2H3,(H,24,28)/t17-/m0/s1. The largest absolute Gasteiger partial charge is 0.379 e. The predicted molar refractivity (Wildman–Crippen MR) is 121 cm³/mol. The van der Waals surface area contributed by atoms with E-state index in [1.54, 1.807) is 0 Å². The van der Waals surface area contributed by atoms with Crippen molar-refractivity contribution >= 4 is 34.3 Å². The summed E-state index contributed by atoms with van der Waals surface area (Å²) in [6.07, 6.45) is 0. The van der Waals surface area contributed by atoms with Crippen molar-refractivity contribution in [2.45, 2.75) is 30.7 Å². The number of fused-ring (bicyclic) bond motifs is 1. The molecule has 1 atom stereocenters. The van der Waals surface area contributed by atoms with Crippen molar-refractivity contribution in [3.63, 3.8) is 0 Å². The summed E-state index contributed by atoms with van der Waals surface area (Å²) in [5, 5.41) is 4.52. The van der Waals surface area contributed by atoms with Gasteiger partial charge in [0.25, 0.3) is 0 Å². The maximum atomic E-state index is 12.7. The minimum Gasteiger partial charge on any atom is -0.379 e. The van der Waals surface area contributed by atoms with Gasteiger partial charge in [-0.2, -0.15) is 0 Å².